The third-order valence-corrected chi connectivity index (χ3v) is 2.83. The minimum absolute atomic E-state index is 0.0122. The Morgan fingerprint density at radius 3 is 1.70 bits per heavy atom. The van der Waals surface area contributed by atoms with Crippen LogP contribution in [0.2, 0.25) is 0 Å². The number of carbonyl (C=O) groups is 2. The first-order chi connectivity index (χ1) is 11.0. The second kappa shape index (κ2) is 7.03. The maximum Gasteiger partial charge on any atom is 0.386 e. The van der Waals surface area contributed by atoms with E-state index in [1.807, 2.05) is 0 Å². The van der Waals surface area contributed by atoms with Gasteiger partial charge < -0.3 is 4.74 Å². The Morgan fingerprint density at radius 1 is 0.870 bits per heavy atom. The lowest BCUT2D eigenvalue weighted by molar-refractivity contribution is -0.384. The third kappa shape index (κ3) is 4.03. The number of non-ortho nitro benzene ring substituents is 1. The van der Waals surface area contributed by atoms with Gasteiger partial charge in [0.05, 0.1) is 23.2 Å². The van der Waals surface area contributed by atoms with E-state index in [0.717, 1.165) is 12.1 Å². The second-order valence-electron chi connectivity index (χ2n) is 4.27. The van der Waals surface area contributed by atoms with Gasteiger partial charge in [-0.25, -0.2) is 19.4 Å². The summed E-state index contributed by atoms with van der Waals surface area (Å²) in [4.78, 5) is 42.1. The highest BCUT2D eigenvalue weighted by atomic mass is 17.2. The summed E-state index contributed by atoms with van der Waals surface area (Å²) in [6, 6.07) is 10.7. The Bertz CT molecular complexity index is 722. The van der Waals surface area contributed by atoms with Gasteiger partial charge in [-0.3, -0.25) is 10.1 Å². The topological polar surface area (TPSA) is 105 Å². The number of benzene rings is 2. The summed E-state index contributed by atoms with van der Waals surface area (Å²) in [5.74, 6) is -1.24. The average molecular weight is 317 g/mol. The lowest BCUT2D eigenvalue weighted by Gasteiger charge is -2.04. The summed E-state index contributed by atoms with van der Waals surface area (Å²) in [5, 5.41) is 10.5. The smallest absolute Gasteiger partial charge is 0.386 e. The molecule has 0 N–H and O–H groups in total. The van der Waals surface area contributed by atoms with Crippen LogP contribution < -0.4 is 4.74 Å². The van der Waals surface area contributed by atoms with Crippen molar-refractivity contribution in [1.29, 1.82) is 0 Å². The number of hydrogen-bond donors (Lipinski definition) is 0. The van der Waals surface area contributed by atoms with E-state index < -0.39 is 16.9 Å². The number of nitro groups is 1. The van der Waals surface area contributed by atoms with E-state index in [1.165, 1.54) is 31.4 Å². The molecule has 0 heterocycles. The van der Waals surface area contributed by atoms with E-state index in [2.05, 4.69) is 9.78 Å². The van der Waals surface area contributed by atoms with Gasteiger partial charge in [0.15, 0.2) is 0 Å². The van der Waals surface area contributed by atoms with Crippen LogP contribution in [-0.4, -0.2) is 24.0 Å². The molecule has 8 nitrogen and oxygen atoms in total. The number of nitrogens with zero attached hydrogens (tertiary/aromatic N) is 1. The number of nitro benzene ring substituents is 1. The first-order valence-electron chi connectivity index (χ1n) is 6.33. The van der Waals surface area contributed by atoms with Crippen molar-refractivity contribution in [1.82, 2.24) is 0 Å². The Labute approximate surface area is 130 Å². The van der Waals surface area contributed by atoms with E-state index in [-0.39, 0.29) is 16.8 Å². The molecule has 0 saturated carbocycles. The molecule has 0 saturated heterocycles. The summed E-state index contributed by atoms with van der Waals surface area (Å²) in [6.07, 6.45) is 0. The first-order valence-corrected chi connectivity index (χ1v) is 6.33. The minimum Gasteiger partial charge on any atom is -0.497 e. The van der Waals surface area contributed by atoms with Crippen molar-refractivity contribution >= 4 is 17.6 Å². The number of methoxy groups -OCH3 is 1. The van der Waals surface area contributed by atoms with Gasteiger partial charge in [0.2, 0.25) is 0 Å². The molecule has 0 aliphatic heterocycles. The molecule has 0 radical (unpaired) electrons. The fourth-order valence-corrected chi connectivity index (χ4v) is 1.62. The van der Waals surface area contributed by atoms with Crippen LogP contribution in [0.3, 0.4) is 0 Å². The van der Waals surface area contributed by atoms with Gasteiger partial charge in [-0.1, -0.05) is 0 Å². The zero-order chi connectivity index (χ0) is 16.8. The van der Waals surface area contributed by atoms with Crippen molar-refractivity contribution in [3.63, 3.8) is 0 Å². The first kappa shape index (κ1) is 16.0. The van der Waals surface area contributed by atoms with Crippen LogP contribution in [0.15, 0.2) is 48.5 Å². The van der Waals surface area contributed by atoms with E-state index >= 15 is 0 Å². The monoisotopic (exact) mass is 317 g/mol. The number of rotatable bonds is 4. The molecule has 23 heavy (non-hydrogen) atoms. The van der Waals surface area contributed by atoms with E-state index in [0.29, 0.717) is 5.75 Å². The molecule has 0 atom stereocenters. The number of carbonyl (C=O) groups excluding carboxylic acids is 2. The highest BCUT2D eigenvalue weighted by Gasteiger charge is 2.15. The molecule has 2 aromatic carbocycles. The fraction of sp³-hybridized carbons (Fsp3) is 0.0667. The molecule has 0 amide bonds. The van der Waals surface area contributed by atoms with Gasteiger partial charge in [0.25, 0.3) is 5.69 Å². The Balaban J connectivity index is 1.94. The molecule has 0 aliphatic carbocycles. The molecule has 8 heteroatoms. The molecule has 0 aromatic heterocycles. The van der Waals surface area contributed by atoms with Crippen LogP contribution in [0.25, 0.3) is 0 Å². The Morgan fingerprint density at radius 2 is 1.30 bits per heavy atom. The zero-order valence-electron chi connectivity index (χ0n) is 11.9. The molecule has 0 spiro atoms. The highest BCUT2D eigenvalue weighted by Crippen LogP contribution is 2.14. The normalized spacial score (nSPS) is 9.78. The predicted molar refractivity (Wildman–Crippen MR) is 76.9 cm³/mol. The van der Waals surface area contributed by atoms with Crippen molar-refractivity contribution in [2.24, 2.45) is 0 Å². The lowest BCUT2D eigenvalue weighted by Crippen LogP contribution is -2.11. The van der Waals surface area contributed by atoms with Crippen LogP contribution in [0.5, 0.6) is 5.75 Å². The van der Waals surface area contributed by atoms with Crippen molar-refractivity contribution in [3.05, 3.63) is 69.8 Å². The van der Waals surface area contributed by atoms with Crippen LogP contribution in [0.4, 0.5) is 5.69 Å². The second-order valence-corrected chi connectivity index (χ2v) is 4.27. The largest absolute Gasteiger partial charge is 0.497 e. The summed E-state index contributed by atoms with van der Waals surface area (Å²) >= 11 is 0. The molecule has 118 valence electrons. The maximum atomic E-state index is 11.7. The fourth-order valence-electron chi connectivity index (χ4n) is 1.62. The van der Waals surface area contributed by atoms with Gasteiger partial charge in [-0.2, -0.15) is 0 Å². The maximum absolute atomic E-state index is 11.7. The number of ether oxygens (including phenoxy) is 1. The van der Waals surface area contributed by atoms with E-state index in [4.69, 9.17) is 4.74 Å². The van der Waals surface area contributed by atoms with Crippen LogP contribution >= 0.6 is 0 Å². The molecule has 2 rings (SSSR count). The lowest BCUT2D eigenvalue weighted by atomic mass is 10.2. The quantitative estimate of drug-likeness (QED) is 0.484. The van der Waals surface area contributed by atoms with Crippen molar-refractivity contribution < 1.29 is 29.0 Å². The van der Waals surface area contributed by atoms with E-state index in [1.54, 1.807) is 12.1 Å². The van der Waals surface area contributed by atoms with Crippen molar-refractivity contribution in [2.45, 2.75) is 0 Å². The molecular formula is C15H11NO7. The average Bonchev–Trinajstić information content (AvgIpc) is 2.59. The van der Waals surface area contributed by atoms with Gasteiger partial charge in [0, 0.05) is 12.1 Å². The van der Waals surface area contributed by atoms with E-state index in [9.17, 15) is 19.7 Å². The van der Waals surface area contributed by atoms with Crippen LogP contribution in [0, 0.1) is 10.1 Å². The molecule has 0 unspecified atom stereocenters. The molecule has 0 fully saturated rings. The zero-order valence-corrected chi connectivity index (χ0v) is 11.9. The van der Waals surface area contributed by atoms with Gasteiger partial charge in [0.1, 0.15) is 5.75 Å². The number of hydrogen-bond acceptors (Lipinski definition) is 7. The van der Waals surface area contributed by atoms with Crippen molar-refractivity contribution in [3.8, 4) is 5.75 Å². The standard InChI is InChI=1S/C15H11NO7/c1-21-13-8-4-11(5-9-13)15(18)23-22-14(17)10-2-6-12(7-3-10)16(19)20/h2-9H,1H3. The Kier molecular flexibility index (Phi) is 4.88. The molecule has 2 aromatic rings. The van der Waals surface area contributed by atoms with Gasteiger partial charge in [-0.05, 0) is 36.4 Å². The van der Waals surface area contributed by atoms with Crippen LogP contribution in [-0.2, 0) is 9.78 Å². The third-order valence-electron chi connectivity index (χ3n) is 2.83. The summed E-state index contributed by atoms with van der Waals surface area (Å²) in [7, 11) is 1.49. The summed E-state index contributed by atoms with van der Waals surface area (Å²) in [6.45, 7) is 0. The molecular weight excluding hydrogens is 306 g/mol. The summed E-state index contributed by atoms with van der Waals surface area (Å²) < 4.78 is 4.95. The Hall–Kier alpha value is -3.42. The predicted octanol–water partition coefficient (Wildman–Crippen LogP) is 2.53. The van der Waals surface area contributed by atoms with Gasteiger partial charge >= 0.3 is 11.9 Å². The van der Waals surface area contributed by atoms with Gasteiger partial charge in [-0.15, -0.1) is 0 Å². The SMILES string of the molecule is COc1ccc(C(=O)OOC(=O)c2ccc([N+](=O)[O-])cc2)cc1. The minimum atomic E-state index is -0.943. The molecule has 0 bridgehead atoms. The molecule has 0 aliphatic rings. The summed E-state index contributed by atoms with van der Waals surface area (Å²) in [5.41, 5.74) is 0.0113. The van der Waals surface area contributed by atoms with Crippen molar-refractivity contribution in [2.75, 3.05) is 7.11 Å². The highest BCUT2D eigenvalue weighted by molar-refractivity contribution is 5.92. The van der Waals surface area contributed by atoms with Crippen LogP contribution in [0.1, 0.15) is 20.7 Å².